The highest BCUT2D eigenvalue weighted by Gasteiger charge is 2.23. The SMILES string of the molecule is COc1cc([N+](=O)[O-])ccc1S(=O)(=O)NNC(=O)c1ccc2c(c1)OCO2. The lowest BCUT2D eigenvalue weighted by atomic mass is 10.2. The normalized spacial score (nSPS) is 12.5. The van der Waals surface area contributed by atoms with Crippen LogP contribution in [-0.2, 0) is 10.0 Å². The molecule has 0 atom stereocenters. The Hall–Kier alpha value is -3.38. The summed E-state index contributed by atoms with van der Waals surface area (Å²) < 4.78 is 40.0. The van der Waals surface area contributed by atoms with Crippen LogP contribution in [0.1, 0.15) is 10.4 Å². The Balaban J connectivity index is 1.77. The van der Waals surface area contributed by atoms with Crippen molar-refractivity contribution in [2.24, 2.45) is 0 Å². The number of carbonyl (C=O) groups is 1. The van der Waals surface area contributed by atoms with Crippen LogP contribution in [0.3, 0.4) is 0 Å². The van der Waals surface area contributed by atoms with Gasteiger partial charge in [0.15, 0.2) is 11.5 Å². The molecule has 0 bridgehead atoms. The molecule has 0 saturated heterocycles. The molecule has 27 heavy (non-hydrogen) atoms. The van der Waals surface area contributed by atoms with E-state index in [1.165, 1.54) is 25.3 Å². The molecule has 1 aliphatic rings. The molecule has 3 rings (SSSR count). The van der Waals surface area contributed by atoms with Crippen molar-refractivity contribution in [2.75, 3.05) is 13.9 Å². The van der Waals surface area contributed by atoms with Crippen LogP contribution in [0.4, 0.5) is 5.69 Å². The van der Waals surface area contributed by atoms with Gasteiger partial charge in [-0.25, -0.2) is 8.42 Å². The van der Waals surface area contributed by atoms with Gasteiger partial charge in [0.1, 0.15) is 10.6 Å². The monoisotopic (exact) mass is 395 g/mol. The highest BCUT2D eigenvalue weighted by atomic mass is 32.2. The number of benzene rings is 2. The summed E-state index contributed by atoms with van der Waals surface area (Å²) >= 11 is 0. The number of nitro groups is 1. The Morgan fingerprint density at radius 3 is 2.63 bits per heavy atom. The van der Waals surface area contributed by atoms with Crippen molar-refractivity contribution >= 4 is 21.6 Å². The zero-order valence-electron chi connectivity index (χ0n) is 13.8. The van der Waals surface area contributed by atoms with E-state index in [2.05, 4.69) is 5.43 Å². The summed E-state index contributed by atoms with van der Waals surface area (Å²) in [7, 11) is -3.08. The molecule has 0 spiro atoms. The summed E-state index contributed by atoms with van der Waals surface area (Å²) in [5, 5.41) is 10.8. The summed E-state index contributed by atoms with van der Waals surface area (Å²) in [6, 6.07) is 7.34. The lowest BCUT2D eigenvalue weighted by Gasteiger charge is -2.11. The van der Waals surface area contributed by atoms with E-state index in [0.717, 1.165) is 18.2 Å². The molecule has 2 N–H and O–H groups in total. The van der Waals surface area contributed by atoms with Crippen LogP contribution in [0.2, 0.25) is 0 Å². The fraction of sp³-hybridized carbons (Fsp3) is 0.133. The number of carbonyl (C=O) groups excluding carboxylic acids is 1. The molecule has 1 heterocycles. The average Bonchev–Trinajstić information content (AvgIpc) is 3.13. The highest BCUT2D eigenvalue weighted by molar-refractivity contribution is 7.89. The molecule has 142 valence electrons. The van der Waals surface area contributed by atoms with E-state index in [0.29, 0.717) is 11.5 Å². The van der Waals surface area contributed by atoms with Crippen molar-refractivity contribution in [3.63, 3.8) is 0 Å². The van der Waals surface area contributed by atoms with Crippen LogP contribution < -0.4 is 24.5 Å². The van der Waals surface area contributed by atoms with Crippen molar-refractivity contribution < 1.29 is 32.3 Å². The third-order valence-corrected chi connectivity index (χ3v) is 4.87. The van der Waals surface area contributed by atoms with Gasteiger partial charge in [0.05, 0.1) is 18.1 Å². The summed E-state index contributed by atoms with van der Waals surface area (Å²) in [5.41, 5.74) is 1.85. The number of hydrazine groups is 1. The third-order valence-electron chi connectivity index (χ3n) is 3.58. The van der Waals surface area contributed by atoms with Crippen LogP contribution in [0, 0.1) is 10.1 Å². The summed E-state index contributed by atoms with van der Waals surface area (Å²) in [5.74, 6) is -0.142. The number of hydrogen-bond donors (Lipinski definition) is 2. The first-order valence-corrected chi connectivity index (χ1v) is 8.84. The fourth-order valence-corrected chi connectivity index (χ4v) is 3.26. The minimum atomic E-state index is -4.25. The lowest BCUT2D eigenvalue weighted by molar-refractivity contribution is -0.385. The number of fused-ring (bicyclic) bond motifs is 1. The van der Waals surface area contributed by atoms with Crippen molar-refractivity contribution in [3.05, 3.63) is 52.1 Å². The molecular formula is C15H13N3O8S. The number of nitrogens with zero attached hydrogens (tertiary/aromatic N) is 1. The van der Waals surface area contributed by atoms with Gasteiger partial charge in [-0.2, -0.15) is 0 Å². The molecule has 11 nitrogen and oxygen atoms in total. The molecule has 0 radical (unpaired) electrons. The number of nitro benzene ring substituents is 1. The predicted octanol–water partition coefficient (Wildman–Crippen LogP) is 0.955. The number of rotatable bonds is 6. The van der Waals surface area contributed by atoms with E-state index in [-0.39, 0.29) is 28.7 Å². The van der Waals surface area contributed by atoms with Gasteiger partial charge >= 0.3 is 0 Å². The summed E-state index contributed by atoms with van der Waals surface area (Å²) in [6.07, 6.45) is 0. The Labute approximate surface area is 153 Å². The van der Waals surface area contributed by atoms with Crippen molar-refractivity contribution in [3.8, 4) is 17.2 Å². The van der Waals surface area contributed by atoms with Gasteiger partial charge in [-0.15, -0.1) is 4.83 Å². The van der Waals surface area contributed by atoms with E-state index < -0.39 is 20.9 Å². The smallest absolute Gasteiger partial charge is 0.273 e. The van der Waals surface area contributed by atoms with Gasteiger partial charge in [-0.1, -0.05) is 0 Å². The van der Waals surface area contributed by atoms with E-state index >= 15 is 0 Å². The molecular weight excluding hydrogens is 382 g/mol. The largest absolute Gasteiger partial charge is 0.495 e. The number of hydrogen-bond acceptors (Lipinski definition) is 8. The molecule has 1 aliphatic heterocycles. The van der Waals surface area contributed by atoms with Gasteiger partial charge in [0.25, 0.3) is 21.6 Å². The van der Waals surface area contributed by atoms with Crippen LogP contribution in [0.25, 0.3) is 0 Å². The number of sulfonamides is 1. The zero-order valence-corrected chi connectivity index (χ0v) is 14.6. The molecule has 2 aromatic rings. The van der Waals surface area contributed by atoms with E-state index in [1.54, 1.807) is 0 Å². The summed E-state index contributed by atoms with van der Waals surface area (Å²) in [4.78, 5) is 23.8. The van der Waals surface area contributed by atoms with Crippen LogP contribution in [-0.4, -0.2) is 33.2 Å². The van der Waals surface area contributed by atoms with Crippen LogP contribution in [0.5, 0.6) is 17.2 Å². The van der Waals surface area contributed by atoms with Crippen molar-refractivity contribution in [2.45, 2.75) is 4.90 Å². The minimum absolute atomic E-state index is 0.0347. The molecule has 0 saturated carbocycles. The second-order valence-electron chi connectivity index (χ2n) is 5.22. The Morgan fingerprint density at radius 2 is 1.93 bits per heavy atom. The summed E-state index contributed by atoms with van der Waals surface area (Å²) in [6.45, 7) is 0.0347. The standard InChI is InChI=1S/C15H13N3O8S/c1-24-13-7-10(18(20)21)3-5-14(13)27(22,23)17-16-15(19)9-2-4-11-12(6-9)26-8-25-11/h2-7,17H,8H2,1H3,(H,16,19). The van der Waals surface area contributed by atoms with Gasteiger partial charge < -0.3 is 14.2 Å². The van der Waals surface area contributed by atoms with Crippen LogP contribution >= 0.6 is 0 Å². The first-order chi connectivity index (χ1) is 12.8. The molecule has 12 heteroatoms. The number of amides is 1. The molecule has 0 fully saturated rings. The first kappa shape index (κ1) is 18.4. The fourth-order valence-electron chi connectivity index (χ4n) is 2.27. The van der Waals surface area contributed by atoms with Gasteiger partial charge in [-0.3, -0.25) is 20.3 Å². The van der Waals surface area contributed by atoms with Gasteiger partial charge in [0.2, 0.25) is 6.79 Å². The van der Waals surface area contributed by atoms with Gasteiger partial charge in [0, 0.05) is 11.6 Å². The van der Waals surface area contributed by atoms with E-state index in [9.17, 15) is 23.3 Å². The van der Waals surface area contributed by atoms with Crippen molar-refractivity contribution in [1.82, 2.24) is 10.3 Å². The maximum atomic E-state index is 12.4. The second-order valence-corrected chi connectivity index (χ2v) is 6.87. The Kier molecular flexibility index (Phi) is 4.83. The maximum absolute atomic E-state index is 12.4. The molecule has 0 aromatic heterocycles. The number of ether oxygens (including phenoxy) is 3. The third kappa shape index (κ3) is 3.75. The van der Waals surface area contributed by atoms with Crippen molar-refractivity contribution in [1.29, 1.82) is 0 Å². The molecule has 2 aromatic carbocycles. The average molecular weight is 395 g/mol. The number of nitrogens with one attached hydrogen (secondary N) is 2. The Morgan fingerprint density at radius 1 is 1.19 bits per heavy atom. The molecule has 0 aliphatic carbocycles. The molecule has 0 unspecified atom stereocenters. The maximum Gasteiger partial charge on any atom is 0.273 e. The minimum Gasteiger partial charge on any atom is -0.495 e. The quantitative estimate of drug-likeness (QED) is 0.543. The molecule has 1 amide bonds. The highest BCUT2D eigenvalue weighted by Crippen LogP contribution is 2.32. The first-order valence-electron chi connectivity index (χ1n) is 7.36. The lowest BCUT2D eigenvalue weighted by Crippen LogP contribution is -2.41. The topological polar surface area (TPSA) is 146 Å². The number of methoxy groups -OCH3 is 1. The zero-order chi connectivity index (χ0) is 19.6. The number of non-ortho nitro benzene ring substituents is 1. The van der Waals surface area contributed by atoms with E-state index in [4.69, 9.17) is 14.2 Å². The van der Waals surface area contributed by atoms with Gasteiger partial charge in [-0.05, 0) is 24.3 Å². The van der Waals surface area contributed by atoms with E-state index in [1.807, 2.05) is 4.83 Å². The van der Waals surface area contributed by atoms with Crippen LogP contribution in [0.15, 0.2) is 41.3 Å². The Bertz CT molecular complexity index is 1020. The second kappa shape index (κ2) is 7.09. The predicted molar refractivity (Wildman–Crippen MR) is 90.0 cm³/mol.